The number of ether oxygens (including phenoxy) is 1. The third kappa shape index (κ3) is 11.7. The Kier molecular flexibility index (Phi) is 17.0. The number of hydrogen-bond acceptors (Lipinski definition) is 4. The lowest BCUT2D eigenvalue weighted by atomic mass is 10.1. The lowest BCUT2D eigenvalue weighted by Crippen LogP contribution is -2.41. The van der Waals surface area contributed by atoms with Crippen molar-refractivity contribution in [3.8, 4) is 0 Å². The van der Waals surface area contributed by atoms with E-state index < -0.39 is 17.8 Å². The van der Waals surface area contributed by atoms with Crippen LogP contribution in [0, 0.1) is 0 Å². The smallest absolute Gasteiger partial charge is 0.376 e. The van der Waals surface area contributed by atoms with Crippen LogP contribution in [0.4, 0.5) is 0 Å². The SMILES string of the molecule is CCCCCCOC(=O)C(=O)C(CC)NCCCCC.Cl. The molecule has 0 aromatic carbocycles. The summed E-state index contributed by atoms with van der Waals surface area (Å²) < 4.78 is 5.03. The summed E-state index contributed by atoms with van der Waals surface area (Å²) in [7, 11) is 0. The first-order valence-corrected chi connectivity index (χ1v) is 8.11. The first kappa shape index (κ1) is 22.7. The molecule has 0 amide bonds. The predicted octanol–water partition coefficient (Wildman–Crippen LogP) is 3.66. The first-order chi connectivity index (χ1) is 9.67. The topological polar surface area (TPSA) is 55.4 Å². The zero-order chi connectivity index (χ0) is 15.2. The Morgan fingerprint density at radius 1 is 0.952 bits per heavy atom. The third-order valence-electron chi connectivity index (χ3n) is 3.33. The van der Waals surface area contributed by atoms with Gasteiger partial charge in [0.15, 0.2) is 0 Å². The third-order valence-corrected chi connectivity index (χ3v) is 3.33. The van der Waals surface area contributed by atoms with Gasteiger partial charge in [0.1, 0.15) is 0 Å². The van der Waals surface area contributed by atoms with Crippen LogP contribution in [0.5, 0.6) is 0 Å². The largest absolute Gasteiger partial charge is 0.460 e. The van der Waals surface area contributed by atoms with Gasteiger partial charge in [0.25, 0.3) is 5.78 Å². The molecular formula is C16H32ClNO3. The van der Waals surface area contributed by atoms with E-state index in [4.69, 9.17) is 4.74 Å². The number of nitrogens with one attached hydrogen (secondary N) is 1. The number of hydrogen-bond donors (Lipinski definition) is 1. The Hall–Kier alpha value is -0.610. The van der Waals surface area contributed by atoms with E-state index in [1.165, 1.54) is 0 Å². The molecule has 0 spiro atoms. The monoisotopic (exact) mass is 321 g/mol. The van der Waals surface area contributed by atoms with Crippen molar-refractivity contribution in [1.29, 1.82) is 0 Å². The molecule has 0 saturated carbocycles. The Morgan fingerprint density at radius 2 is 1.57 bits per heavy atom. The number of ketones is 1. The Morgan fingerprint density at radius 3 is 2.14 bits per heavy atom. The number of rotatable bonds is 13. The zero-order valence-corrected chi connectivity index (χ0v) is 14.6. The highest BCUT2D eigenvalue weighted by atomic mass is 35.5. The van der Waals surface area contributed by atoms with Gasteiger partial charge in [-0.2, -0.15) is 0 Å². The van der Waals surface area contributed by atoms with E-state index in [9.17, 15) is 9.59 Å². The van der Waals surface area contributed by atoms with Crippen molar-refractivity contribution >= 4 is 24.2 Å². The molecule has 0 aliphatic rings. The van der Waals surface area contributed by atoms with Crippen LogP contribution in [0.25, 0.3) is 0 Å². The van der Waals surface area contributed by atoms with Gasteiger partial charge in [-0.25, -0.2) is 4.79 Å². The Balaban J connectivity index is 0. The van der Waals surface area contributed by atoms with Crippen LogP contribution in [-0.2, 0) is 14.3 Å². The summed E-state index contributed by atoms with van der Waals surface area (Å²) in [5, 5.41) is 3.15. The lowest BCUT2D eigenvalue weighted by molar-refractivity contribution is -0.155. The molecule has 0 saturated heterocycles. The van der Waals surface area contributed by atoms with Crippen LogP contribution < -0.4 is 5.32 Å². The van der Waals surface area contributed by atoms with Gasteiger partial charge in [-0.15, -0.1) is 12.4 Å². The molecule has 0 aromatic heterocycles. The Bertz CT molecular complexity index is 272. The maximum atomic E-state index is 11.9. The van der Waals surface area contributed by atoms with Gasteiger partial charge in [-0.1, -0.05) is 52.9 Å². The van der Waals surface area contributed by atoms with Crippen LogP contribution in [0.3, 0.4) is 0 Å². The van der Waals surface area contributed by atoms with Crippen LogP contribution in [0.15, 0.2) is 0 Å². The number of carbonyl (C=O) groups excluding carboxylic acids is 2. The molecule has 0 aromatic rings. The number of esters is 1. The van der Waals surface area contributed by atoms with Gasteiger partial charge in [0, 0.05) is 0 Å². The van der Waals surface area contributed by atoms with E-state index in [2.05, 4.69) is 19.2 Å². The second-order valence-corrected chi connectivity index (χ2v) is 5.18. The standard InChI is InChI=1S/C16H31NO3.ClH/c1-4-7-9-11-13-20-16(19)15(18)14(6-3)17-12-10-8-5-2;/h14,17H,4-13H2,1-3H3;1H. The summed E-state index contributed by atoms with van der Waals surface area (Å²) in [5.74, 6) is -1.11. The minimum absolute atomic E-state index is 0. The van der Waals surface area contributed by atoms with E-state index in [0.29, 0.717) is 13.0 Å². The van der Waals surface area contributed by atoms with Crippen LogP contribution in [0.2, 0.25) is 0 Å². The van der Waals surface area contributed by atoms with E-state index >= 15 is 0 Å². The maximum absolute atomic E-state index is 11.9. The summed E-state index contributed by atoms with van der Waals surface area (Å²) in [6.07, 6.45) is 8.11. The quantitative estimate of drug-likeness (QED) is 0.319. The van der Waals surface area contributed by atoms with Crippen LogP contribution >= 0.6 is 12.4 Å². The molecular weight excluding hydrogens is 290 g/mol. The van der Waals surface area contributed by atoms with Gasteiger partial charge >= 0.3 is 5.97 Å². The molecule has 1 atom stereocenters. The van der Waals surface area contributed by atoms with Crippen molar-refractivity contribution in [1.82, 2.24) is 5.32 Å². The summed E-state index contributed by atoms with van der Waals surface area (Å²) >= 11 is 0. The molecule has 0 bridgehead atoms. The number of Topliss-reactive ketones (excluding diaryl/α,β-unsaturated/α-hetero) is 1. The predicted molar refractivity (Wildman–Crippen MR) is 89.0 cm³/mol. The van der Waals surface area contributed by atoms with Gasteiger partial charge in [-0.3, -0.25) is 4.79 Å². The van der Waals surface area contributed by atoms with Crippen molar-refractivity contribution in [2.75, 3.05) is 13.2 Å². The highest BCUT2D eigenvalue weighted by Crippen LogP contribution is 2.01. The fourth-order valence-corrected chi connectivity index (χ4v) is 1.98. The molecule has 21 heavy (non-hydrogen) atoms. The molecule has 5 heteroatoms. The van der Waals surface area contributed by atoms with Gasteiger partial charge in [0.05, 0.1) is 12.6 Å². The van der Waals surface area contributed by atoms with Gasteiger partial charge in [0.2, 0.25) is 0 Å². The van der Waals surface area contributed by atoms with E-state index in [1.54, 1.807) is 0 Å². The highest BCUT2D eigenvalue weighted by Gasteiger charge is 2.24. The zero-order valence-electron chi connectivity index (χ0n) is 13.8. The molecule has 0 aliphatic heterocycles. The average Bonchev–Trinajstić information content (AvgIpc) is 2.46. The second-order valence-electron chi connectivity index (χ2n) is 5.18. The number of halogens is 1. The first-order valence-electron chi connectivity index (χ1n) is 8.11. The molecule has 4 nitrogen and oxygen atoms in total. The summed E-state index contributed by atoms with van der Waals surface area (Å²) in [5.41, 5.74) is 0. The van der Waals surface area contributed by atoms with Crippen molar-refractivity contribution in [3.63, 3.8) is 0 Å². The van der Waals surface area contributed by atoms with E-state index in [1.807, 2.05) is 6.92 Å². The average molecular weight is 322 g/mol. The minimum atomic E-state index is -0.684. The van der Waals surface area contributed by atoms with Crippen molar-refractivity contribution < 1.29 is 14.3 Å². The molecule has 0 rings (SSSR count). The van der Waals surface area contributed by atoms with E-state index in [-0.39, 0.29) is 12.4 Å². The van der Waals surface area contributed by atoms with Gasteiger partial charge in [-0.05, 0) is 25.8 Å². The highest BCUT2D eigenvalue weighted by molar-refractivity contribution is 6.35. The van der Waals surface area contributed by atoms with Crippen molar-refractivity contribution in [2.24, 2.45) is 0 Å². The van der Waals surface area contributed by atoms with Crippen LogP contribution in [-0.4, -0.2) is 30.9 Å². The molecule has 0 radical (unpaired) electrons. The molecule has 1 N–H and O–H groups in total. The molecule has 126 valence electrons. The van der Waals surface area contributed by atoms with E-state index in [0.717, 1.165) is 51.5 Å². The fraction of sp³-hybridized carbons (Fsp3) is 0.875. The number of carbonyl (C=O) groups is 2. The normalized spacial score (nSPS) is 11.6. The molecule has 1 unspecified atom stereocenters. The lowest BCUT2D eigenvalue weighted by Gasteiger charge is -2.14. The second kappa shape index (κ2) is 15.8. The van der Waals surface area contributed by atoms with Crippen molar-refractivity contribution in [3.05, 3.63) is 0 Å². The van der Waals surface area contributed by atoms with Crippen LogP contribution in [0.1, 0.15) is 72.1 Å². The Labute approximate surface area is 135 Å². The minimum Gasteiger partial charge on any atom is -0.460 e. The molecule has 0 heterocycles. The molecule has 0 aliphatic carbocycles. The van der Waals surface area contributed by atoms with Crippen molar-refractivity contribution in [2.45, 2.75) is 78.2 Å². The van der Waals surface area contributed by atoms with Gasteiger partial charge < -0.3 is 10.1 Å². The summed E-state index contributed by atoms with van der Waals surface area (Å²) in [6, 6.07) is -0.394. The maximum Gasteiger partial charge on any atom is 0.376 e. The molecule has 0 fully saturated rings. The summed E-state index contributed by atoms with van der Waals surface area (Å²) in [6.45, 7) is 7.31. The fourth-order valence-electron chi connectivity index (χ4n) is 1.98. The summed E-state index contributed by atoms with van der Waals surface area (Å²) in [4.78, 5) is 23.6. The number of unbranched alkanes of at least 4 members (excludes halogenated alkanes) is 5.